The third-order valence-electron chi connectivity index (χ3n) is 5.59. The summed E-state index contributed by atoms with van der Waals surface area (Å²) in [6, 6.07) is 11.9. The second kappa shape index (κ2) is 8.40. The van der Waals surface area contributed by atoms with Gasteiger partial charge in [-0.25, -0.2) is 9.37 Å². The summed E-state index contributed by atoms with van der Waals surface area (Å²) in [6.45, 7) is 0. The number of hydrogen-bond acceptors (Lipinski definition) is 5. The van der Waals surface area contributed by atoms with Crippen LogP contribution in [0.4, 0.5) is 4.39 Å². The average Bonchev–Trinajstić information content (AvgIpc) is 3.22. The molecule has 0 saturated heterocycles. The summed E-state index contributed by atoms with van der Waals surface area (Å²) in [7, 11) is 0. The molecule has 5 rings (SSSR count). The summed E-state index contributed by atoms with van der Waals surface area (Å²) < 4.78 is 13.0. The van der Waals surface area contributed by atoms with Crippen LogP contribution >= 0.6 is 23.1 Å². The Bertz CT molecular complexity index is 1340. The number of ketones is 1. The number of aromatic nitrogens is 2. The van der Waals surface area contributed by atoms with Gasteiger partial charge in [0, 0.05) is 16.5 Å². The number of Topliss-reactive ketones (excluding diaryl/α,β-unsaturated/α-hetero) is 1. The number of aryl methyl sites for hydroxylation is 2. The first-order valence-electron chi connectivity index (χ1n) is 10.1. The number of halogens is 1. The zero-order chi connectivity index (χ0) is 21.4. The molecule has 2 heterocycles. The van der Waals surface area contributed by atoms with E-state index in [2.05, 4.69) is 28.2 Å². The quantitative estimate of drug-likeness (QED) is 0.243. The van der Waals surface area contributed by atoms with Gasteiger partial charge >= 0.3 is 0 Å². The van der Waals surface area contributed by atoms with Gasteiger partial charge in [0.2, 0.25) is 0 Å². The predicted molar refractivity (Wildman–Crippen MR) is 124 cm³/mol. The number of carbonyl (C=O) groups excluding carboxylic acids is 1. The number of nitrogens with zero attached hydrogens (tertiary/aromatic N) is 1. The molecule has 0 bridgehead atoms. The Hall–Kier alpha value is -2.77. The molecular weight excluding hydrogens is 431 g/mol. The van der Waals surface area contributed by atoms with E-state index in [4.69, 9.17) is 0 Å². The molecule has 2 aromatic heterocycles. The lowest BCUT2D eigenvalue weighted by atomic mass is 9.89. The van der Waals surface area contributed by atoms with Crippen molar-refractivity contribution >= 4 is 39.1 Å². The fourth-order valence-corrected chi connectivity index (χ4v) is 5.72. The molecule has 0 aliphatic heterocycles. The van der Waals surface area contributed by atoms with Crippen LogP contribution in [0.3, 0.4) is 0 Å². The highest BCUT2D eigenvalue weighted by atomic mass is 32.2. The van der Waals surface area contributed by atoms with Crippen molar-refractivity contribution in [2.45, 2.75) is 30.8 Å². The van der Waals surface area contributed by atoms with Gasteiger partial charge in [-0.3, -0.25) is 9.59 Å². The Kier molecular flexibility index (Phi) is 5.46. The molecule has 0 radical (unpaired) electrons. The van der Waals surface area contributed by atoms with E-state index in [1.165, 1.54) is 71.3 Å². The fourth-order valence-electron chi connectivity index (χ4n) is 3.96. The number of nitrogens with one attached hydrogen (secondary N) is 1. The van der Waals surface area contributed by atoms with Gasteiger partial charge in [-0.2, -0.15) is 0 Å². The van der Waals surface area contributed by atoms with Gasteiger partial charge in [0.15, 0.2) is 10.9 Å². The number of hydrogen-bond donors (Lipinski definition) is 1. The van der Waals surface area contributed by atoms with E-state index in [1.54, 1.807) is 0 Å². The molecule has 156 valence electrons. The highest BCUT2D eigenvalue weighted by molar-refractivity contribution is 7.99. The van der Waals surface area contributed by atoms with Crippen LogP contribution in [-0.2, 0) is 12.8 Å². The number of rotatable bonds is 5. The van der Waals surface area contributed by atoms with Crippen molar-refractivity contribution in [2.24, 2.45) is 0 Å². The highest BCUT2D eigenvalue weighted by Crippen LogP contribution is 2.34. The Labute approximate surface area is 186 Å². The summed E-state index contributed by atoms with van der Waals surface area (Å²) in [6.07, 6.45) is 4.66. The molecule has 4 aromatic rings. The Morgan fingerprint density at radius 1 is 1.10 bits per heavy atom. The number of fused-ring (bicyclic) bond motifs is 2. The predicted octanol–water partition coefficient (Wildman–Crippen LogP) is 5.64. The van der Waals surface area contributed by atoms with Gasteiger partial charge in [-0.05, 0) is 66.6 Å². The van der Waals surface area contributed by atoms with Crippen molar-refractivity contribution < 1.29 is 9.18 Å². The molecule has 0 amide bonds. The molecule has 0 atom stereocenters. The van der Waals surface area contributed by atoms with Crippen molar-refractivity contribution in [3.8, 4) is 11.1 Å². The van der Waals surface area contributed by atoms with E-state index in [9.17, 15) is 14.0 Å². The van der Waals surface area contributed by atoms with Gasteiger partial charge in [-0.15, -0.1) is 11.3 Å². The monoisotopic (exact) mass is 450 g/mol. The second-order valence-corrected chi connectivity index (χ2v) is 9.43. The smallest absolute Gasteiger partial charge is 0.260 e. The maximum Gasteiger partial charge on any atom is 0.260 e. The second-order valence-electron chi connectivity index (χ2n) is 7.61. The molecule has 1 aliphatic carbocycles. The minimum atomic E-state index is -0.381. The van der Waals surface area contributed by atoms with Gasteiger partial charge in [0.05, 0.1) is 11.1 Å². The maximum atomic E-state index is 13.0. The molecular formula is C24H19FN2O2S2. The van der Waals surface area contributed by atoms with Crippen LogP contribution in [0.1, 0.15) is 34.3 Å². The first kappa shape index (κ1) is 20.2. The normalized spacial score (nSPS) is 13.3. The van der Waals surface area contributed by atoms with Crippen LogP contribution in [-0.4, -0.2) is 21.5 Å². The molecule has 0 fully saturated rings. The molecule has 2 aromatic carbocycles. The summed E-state index contributed by atoms with van der Waals surface area (Å²) in [5.74, 6) is -0.412. The Morgan fingerprint density at radius 2 is 1.87 bits per heavy atom. The van der Waals surface area contributed by atoms with Crippen LogP contribution in [0.5, 0.6) is 0 Å². The Balaban J connectivity index is 1.40. The maximum absolute atomic E-state index is 13.0. The first-order chi connectivity index (χ1) is 15.1. The number of thiophene rings is 1. The summed E-state index contributed by atoms with van der Waals surface area (Å²) in [4.78, 5) is 33.2. The van der Waals surface area contributed by atoms with Gasteiger partial charge < -0.3 is 4.98 Å². The minimum Gasteiger partial charge on any atom is -0.301 e. The van der Waals surface area contributed by atoms with Crippen LogP contribution in [0.25, 0.3) is 21.3 Å². The van der Waals surface area contributed by atoms with Crippen molar-refractivity contribution in [3.63, 3.8) is 0 Å². The number of aromatic amines is 1. The van der Waals surface area contributed by atoms with Crippen LogP contribution < -0.4 is 5.56 Å². The standard InChI is InChI=1S/C24H19FN2O2S2/c25-18-9-7-15(8-10-18)20(28)13-31-24-26-22(29)21-19(12-30-23(21)27-24)17-6-5-14-3-1-2-4-16(14)11-17/h5-12H,1-4,13H2,(H,26,27,29). The molecule has 0 spiro atoms. The first-order valence-corrected chi connectivity index (χ1v) is 12.0. The topological polar surface area (TPSA) is 62.8 Å². The van der Waals surface area contributed by atoms with E-state index >= 15 is 0 Å². The molecule has 1 aliphatic rings. The third-order valence-corrected chi connectivity index (χ3v) is 7.33. The lowest BCUT2D eigenvalue weighted by Gasteiger charge is -2.16. The van der Waals surface area contributed by atoms with Crippen molar-refractivity contribution in [1.82, 2.24) is 9.97 Å². The largest absolute Gasteiger partial charge is 0.301 e. The lowest BCUT2D eigenvalue weighted by molar-refractivity contribution is 0.102. The number of H-pyrrole nitrogens is 1. The summed E-state index contributed by atoms with van der Waals surface area (Å²) >= 11 is 2.61. The summed E-state index contributed by atoms with van der Waals surface area (Å²) in [5, 5.41) is 2.98. The van der Waals surface area contributed by atoms with Crippen molar-refractivity contribution in [3.05, 3.63) is 80.7 Å². The lowest BCUT2D eigenvalue weighted by Crippen LogP contribution is -2.10. The van der Waals surface area contributed by atoms with Crippen LogP contribution in [0.2, 0.25) is 0 Å². The molecule has 0 saturated carbocycles. The third kappa shape index (κ3) is 4.07. The summed E-state index contributed by atoms with van der Waals surface area (Å²) in [5.41, 5.74) is 4.97. The van der Waals surface area contributed by atoms with E-state index in [1.807, 2.05) is 5.38 Å². The van der Waals surface area contributed by atoms with Crippen molar-refractivity contribution in [2.75, 3.05) is 5.75 Å². The van der Waals surface area contributed by atoms with E-state index in [-0.39, 0.29) is 22.9 Å². The van der Waals surface area contributed by atoms with E-state index in [0.717, 1.165) is 24.0 Å². The molecule has 4 nitrogen and oxygen atoms in total. The van der Waals surface area contributed by atoms with E-state index < -0.39 is 0 Å². The SMILES string of the molecule is O=C(CSc1nc2scc(-c3ccc4c(c3)CCCC4)c2c(=O)[nH]1)c1ccc(F)cc1. The highest BCUT2D eigenvalue weighted by Gasteiger charge is 2.16. The average molecular weight is 451 g/mol. The molecule has 7 heteroatoms. The molecule has 0 unspecified atom stereocenters. The van der Waals surface area contributed by atoms with Crippen molar-refractivity contribution in [1.29, 1.82) is 0 Å². The minimum absolute atomic E-state index is 0.114. The Morgan fingerprint density at radius 3 is 2.68 bits per heavy atom. The van der Waals surface area contributed by atoms with Gasteiger partial charge in [0.1, 0.15) is 10.6 Å². The van der Waals surface area contributed by atoms with Gasteiger partial charge in [0.25, 0.3) is 5.56 Å². The zero-order valence-electron chi connectivity index (χ0n) is 16.6. The number of benzene rings is 2. The molecule has 1 N–H and O–H groups in total. The number of carbonyl (C=O) groups is 1. The van der Waals surface area contributed by atoms with E-state index in [0.29, 0.717) is 20.9 Å². The van der Waals surface area contributed by atoms with Crippen LogP contribution in [0.15, 0.2) is 57.8 Å². The zero-order valence-corrected chi connectivity index (χ0v) is 18.2. The van der Waals surface area contributed by atoms with Gasteiger partial charge in [-0.1, -0.05) is 30.0 Å². The van der Waals surface area contributed by atoms with Crippen LogP contribution in [0, 0.1) is 5.82 Å². The fraction of sp³-hybridized carbons (Fsp3) is 0.208. The number of thioether (sulfide) groups is 1. The molecule has 31 heavy (non-hydrogen) atoms.